The summed E-state index contributed by atoms with van der Waals surface area (Å²) in [6, 6.07) is 1.74. The van der Waals surface area contributed by atoms with E-state index in [0.717, 1.165) is 13.0 Å². The van der Waals surface area contributed by atoms with Crippen LogP contribution in [-0.2, 0) is 6.54 Å². The molecule has 5 heteroatoms. The van der Waals surface area contributed by atoms with Crippen LogP contribution in [0.2, 0.25) is 0 Å². The maximum absolute atomic E-state index is 10.2. The minimum atomic E-state index is -0.755. The molecule has 0 aliphatic heterocycles. The second-order valence-corrected chi connectivity index (χ2v) is 4.25. The van der Waals surface area contributed by atoms with E-state index in [4.69, 9.17) is 4.42 Å². The van der Waals surface area contributed by atoms with Crippen molar-refractivity contribution in [3.05, 3.63) is 40.8 Å². The highest BCUT2D eigenvalue weighted by atomic mass is 79.9. The number of aromatic nitrogens is 2. The summed E-state index contributed by atoms with van der Waals surface area (Å²) >= 11 is 3.25. The largest absolute Gasteiger partial charge is 0.457 e. The molecule has 1 unspecified atom stereocenters. The number of halogens is 1. The van der Waals surface area contributed by atoms with E-state index in [1.165, 1.54) is 6.26 Å². The molecule has 0 radical (unpaired) electrons. The molecular weight excluding hydrogens is 272 g/mol. The van der Waals surface area contributed by atoms with Crippen LogP contribution in [0.25, 0.3) is 0 Å². The number of hydrogen-bond acceptors (Lipinski definition) is 3. The fraction of sp³-hybridized carbons (Fsp3) is 0.364. The zero-order chi connectivity index (χ0) is 11.5. The Labute approximate surface area is 102 Å². The normalized spacial score (nSPS) is 12.9. The molecule has 16 heavy (non-hydrogen) atoms. The molecule has 0 aliphatic rings. The van der Waals surface area contributed by atoms with Crippen LogP contribution in [0.4, 0.5) is 0 Å². The van der Waals surface area contributed by atoms with Crippen LogP contribution >= 0.6 is 15.9 Å². The van der Waals surface area contributed by atoms with Crippen molar-refractivity contribution >= 4 is 15.9 Å². The summed E-state index contributed by atoms with van der Waals surface area (Å²) < 4.78 is 7.60. The van der Waals surface area contributed by atoms with E-state index < -0.39 is 6.10 Å². The third kappa shape index (κ3) is 2.05. The third-order valence-electron chi connectivity index (χ3n) is 2.40. The SMILES string of the molecule is CCCn1ccnc1C(O)c1ccoc1Br. The van der Waals surface area contributed by atoms with Gasteiger partial charge in [0.2, 0.25) is 0 Å². The van der Waals surface area contributed by atoms with Crippen LogP contribution in [-0.4, -0.2) is 14.7 Å². The van der Waals surface area contributed by atoms with E-state index in [-0.39, 0.29) is 0 Å². The van der Waals surface area contributed by atoms with Gasteiger partial charge in [-0.25, -0.2) is 4.98 Å². The zero-order valence-electron chi connectivity index (χ0n) is 8.93. The van der Waals surface area contributed by atoms with E-state index in [2.05, 4.69) is 27.8 Å². The van der Waals surface area contributed by atoms with Gasteiger partial charge in [0.15, 0.2) is 4.67 Å². The van der Waals surface area contributed by atoms with Crippen molar-refractivity contribution in [3.63, 3.8) is 0 Å². The Bertz CT molecular complexity index is 464. The molecule has 2 aromatic rings. The van der Waals surface area contributed by atoms with Gasteiger partial charge in [0.1, 0.15) is 11.9 Å². The number of rotatable bonds is 4. The molecule has 2 rings (SSSR count). The quantitative estimate of drug-likeness (QED) is 0.939. The van der Waals surface area contributed by atoms with Crippen LogP contribution in [0.1, 0.15) is 30.8 Å². The topological polar surface area (TPSA) is 51.2 Å². The highest BCUT2D eigenvalue weighted by Gasteiger charge is 2.20. The van der Waals surface area contributed by atoms with Crippen molar-refractivity contribution in [2.24, 2.45) is 0 Å². The minimum Gasteiger partial charge on any atom is -0.457 e. The molecule has 0 saturated carbocycles. The summed E-state index contributed by atoms with van der Waals surface area (Å²) in [7, 11) is 0. The van der Waals surface area contributed by atoms with E-state index in [1.807, 2.05) is 10.8 Å². The number of aliphatic hydroxyl groups excluding tert-OH is 1. The lowest BCUT2D eigenvalue weighted by molar-refractivity contribution is 0.202. The fourth-order valence-electron chi connectivity index (χ4n) is 1.64. The zero-order valence-corrected chi connectivity index (χ0v) is 10.5. The molecule has 0 saturated heterocycles. The molecule has 86 valence electrons. The van der Waals surface area contributed by atoms with Gasteiger partial charge in [-0.05, 0) is 28.4 Å². The predicted octanol–water partition coefficient (Wildman–Crippen LogP) is 2.73. The van der Waals surface area contributed by atoms with Crippen molar-refractivity contribution < 1.29 is 9.52 Å². The molecule has 0 spiro atoms. The van der Waals surface area contributed by atoms with Crippen LogP contribution in [0.15, 0.2) is 33.8 Å². The molecule has 0 aliphatic carbocycles. The average molecular weight is 285 g/mol. The van der Waals surface area contributed by atoms with Crippen molar-refractivity contribution in [3.8, 4) is 0 Å². The number of aliphatic hydroxyl groups is 1. The summed E-state index contributed by atoms with van der Waals surface area (Å²) in [6.45, 7) is 2.94. The second kappa shape index (κ2) is 4.84. The van der Waals surface area contributed by atoms with E-state index >= 15 is 0 Å². The van der Waals surface area contributed by atoms with E-state index in [0.29, 0.717) is 16.1 Å². The number of aryl methyl sites for hydroxylation is 1. The average Bonchev–Trinajstić information content (AvgIpc) is 2.87. The highest BCUT2D eigenvalue weighted by molar-refractivity contribution is 9.10. The molecule has 1 atom stereocenters. The summed E-state index contributed by atoms with van der Waals surface area (Å²) in [5, 5.41) is 10.2. The van der Waals surface area contributed by atoms with Crippen molar-refractivity contribution in [2.75, 3.05) is 0 Å². The predicted molar refractivity (Wildman–Crippen MR) is 63.0 cm³/mol. The maximum Gasteiger partial charge on any atom is 0.175 e. The Balaban J connectivity index is 2.30. The van der Waals surface area contributed by atoms with Gasteiger partial charge < -0.3 is 14.1 Å². The first kappa shape index (κ1) is 11.4. The van der Waals surface area contributed by atoms with Gasteiger partial charge in [-0.3, -0.25) is 0 Å². The minimum absolute atomic E-state index is 0.547. The number of hydrogen-bond donors (Lipinski definition) is 1. The third-order valence-corrected chi connectivity index (χ3v) is 3.04. The number of furan rings is 1. The molecular formula is C11H13BrN2O2. The Morgan fingerprint density at radius 3 is 3.06 bits per heavy atom. The molecule has 2 heterocycles. The fourth-order valence-corrected chi connectivity index (χ4v) is 2.09. The van der Waals surface area contributed by atoms with Gasteiger partial charge in [0.05, 0.1) is 6.26 Å². The number of imidazole rings is 1. The van der Waals surface area contributed by atoms with Crippen molar-refractivity contribution in [1.29, 1.82) is 0 Å². The summed E-state index contributed by atoms with van der Waals surface area (Å²) in [4.78, 5) is 4.18. The Morgan fingerprint density at radius 2 is 2.44 bits per heavy atom. The molecule has 1 N–H and O–H groups in total. The van der Waals surface area contributed by atoms with Gasteiger partial charge in [-0.15, -0.1) is 0 Å². The van der Waals surface area contributed by atoms with Gasteiger partial charge in [-0.1, -0.05) is 6.92 Å². The van der Waals surface area contributed by atoms with Gasteiger partial charge >= 0.3 is 0 Å². The summed E-state index contributed by atoms with van der Waals surface area (Å²) in [5.41, 5.74) is 0.698. The van der Waals surface area contributed by atoms with Crippen LogP contribution in [0.5, 0.6) is 0 Å². The van der Waals surface area contributed by atoms with Gasteiger partial charge in [0.25, 0.3) is 0 Å². The van der Waals surface area contributed by atoms with E-state index in [9.17, 15) is 5.11 Å². The van der Waals surface area contributed by atoms with Crippen molar-refractivity contribution in [2.45, 2.75) is 26.0 Å². The lowest BCUT2D eigenvalue weighted by Crippen LogP contribution is -2.09. The Morgan fingerprint density at radius 1 is 1.62 bits per heavy atom. The maximum atomic E-state index is 10.2. The smallest absolute Gasteiger partial charge is 0.175 e. The molecule has 0 bridgehead atoms. The van der Waals surface area contributed by atoms with Crippen molar-refractivity contribution in [1.82, 2.24) is 9.55 Å². The lowest BCUT2D eigenvalue weighted by Gasteiger charge is -2.11. The van der Waals surface area contributed by atoms with E-state index in [1.54, 1.807) is 12.3 Å². The standard InChI is InChI=1S/C11H13BrN2O2/c1-2-5-14-6-4-13-11(14)9(15)8-3-7-16-10(8)12/h3-4,6-7,9,15H,2,5H2,1H3. The Hall–Kier alpha value is -1.07. The second-order valence-electron chi connectivity index (χ2n) is 3.53. The van der Waals surface area contributed by atoms with Crippen LogP contribution in [0.3, 0.4) is 0 Å². The molecule has 4 nitrogen and oxygen atoms in total. The summed E-state index contributed by atoms with van der Waals surface area (Å²) in [6.07, 6.45) is 5.35. The first-order valence-electron chi connectivity index (χ1n) is 5.16. The summed E-state index contributed by atoms with van der Waals surface area (Å²) in [5.74, 6) is 0.643. The Kier molecular flexibility index (Phi) is 3.46. The van der Waals surface area contributed by atoms with Crippen LogP contribution in [0, 0.1) is 0 Å². The van der Waals surface area contributed by atoms with Gasteiger partial charge in [0, 0.05) is 24.5 Å². The molecule has 0 amide bonds. The first-order chi connectivity index (χ1) is 7.74. The number of nitrogens with zero attached hydrogens (tertiary/aromatic N) is 2. The molecule has 0 aromatic carbocycles. The van der Waals surface area contributed by atoms with Gasteiger partial charge in [-0.2, -0.15) is 0 Å². The molecule has 0 fully saturated rings. The lowest BCUT2D eigenvalue weighted by atomic mass is 10.2. The highest BCUT2D eigenvalue weighted by Crippen LogP contribution is 2.28. The monoisotopic (exact) mass is 284 g/mol. The molecule has 2 aromatic heterocycles. The first-order valence-corrected chi connectivity index (χ1v) is 5.95. The van der Waals surface area contributed by atoms with Crippen LogP contribution < -0.4 is 0 Å².